The van der Waals surface area contributed by atoms with Crippen molar-refractivity contribution in [3.05, 3.63) is 53.2 Å². The van der Waals surface area contributed by atoms with Crippen LogP contribution in [0.4, 0.5) is 0 Å². The van der Waals surface area contributed by atoms with E-state index in [-0.39, 0.29) is 12.0 Å². The maximum atomic E-state index is 13.1. The van der Waals surface area contributed by atoms with Crippen LogP contribution in [-0.2, 0) is 11.3 Å². The summed E-state index contributed by atoms with van der Waals surface area (Å²) in [4.78, 5) is 19.2. The Hall–Kier alpha value is -3.13. The molecular formula is C23H28N4O4. The molecule has 1 unspecified atom stereocenters. The predicted molar refractivity (Wildman–Crippen MR) is 115 cm³/mol. The van der Waals surface area contributed by atoms with Crippen molar-refractivity contribution in [2.45, 2.75) is 39.8 Å². The van der Waals surface area contributed by atoms with Crippen molar-refractivity contribution in [2.24, 2.45) is 0 Å². The number of ether oxygens (including phenoxy) is 2. The third-order valence-electron chi connectivity index (χ3n) is 5.70. The molecule has 1 aromatic carbocycles. The molecule has 0 N–H and O–H groups in total. The second-order valence-corrected chi connectivity index (χ2v) is 7.87. The van der Waals surface area contributed by atoms with Gasteiger partial charge in [-0.1, -0.05) is 5.16 Å². The number of hydrogen-bond acceptors (Lipinski definition) is 6. The lowest BCUT2D eigenvalue weighted by Gasteiger charge is -2.18. The minimum Gasteiger partial charge on any atom is -0.489 e. The lowest BCUT2D eigenvalue weighted by atomic mass is 10.2. The maximum Gasteiger partial charge on any atom is 0.255 e. The monoisotopic (exact) mass is 424 g/mol. The Kier molecular flexibility index (Phi) is 6.08. The molecule has 2 aromatic heterocycles. The van der Waals surface area contributed by atoms with Gasteiger partial charge < -0.3 is 23.5 Å². The smallest absolute Gasteiger partial charge is 0.255 e. The number of hydrogen-bond donors (Lipinski definition) is 0. The van der Waals surface area contributed by atoms with Crippen molar-refractivity contribution in [2.75, 3.05) is 26.8 Å². The number of likely N-dealkylation sites (tertiary alicyclic amines) is 1. The van der Waals surface area contributed by atoms with Gasteiger partial charge in [0.1, 0.15) is 11.9 Å². The van der Waals surface area contributed by atoms with Crippen molar-refractivity contribution >= 4 is 5.91 Å². The highest BCUT2D eigenvalue weighted by molar-refractivity contribution is 5.96. The third kappa shape index (κ3) is 4.49. The molecule has 0 spiro atoms. The van der Waals surface area contributed by atoms with Gasteiger partial charge >= 0.3 is 0 Å². The molecule has 0 aliphatic carbocycles. The molecule has 1 fully saturated rings. The first kappa shape index (κ1) is 21.1. The summed E-state index contributed by atoms with van der Waals surface area (Å²) in [5.41, 5.74) is 3.68. The van der Waals surface area contributed by atoms with Gasteiger partial charge in [-0.15, -0.1) is 0 Å². The van der Waals surface area contributed by atoms with Crippen molar-refractivity contribution in [3.63, 3.8) is 0 Å². The van der Waals surface area contributed by atoms with Crippen LogP contribution in [0.5, 0.6) is 5.75 Å². The molecule has 0 radical (unpaired) electrons. The van der Waals surface area contributed by atoms with Gasteiger partial charge in [0.25, 0.3) is 5.91 Å². The van der Waals surface area contributed by atoms with Gasteiger partial charge in [-0.25, -0.2) is 0 Å². The molecule has 1 aliphatic heterocycles. The summed E-state index contributed by atoms with van der Waals surface area (Å²) in [5.74, 6) is 1.92. The number of benzene rings is 1. The summed E-state index contributed by atoms with van der Waals surface area (Å²) in [6, 6.07) is 9.59. The molecule has 8 nitrogen and oxygen atoms in total. The molecule has 1 aliphatic rings. The minimum atomic E-state index is -0.0285. The van der Waals surface area contributed by atoms with Crippen LogP contribution in [0.25, 0.3) is 11.4 Å². The number of aryl methyl sites for hydroxylation is 2. The van der Waals surface area contributed by atoms with Gasteiger partial charge in [-0.05, 0) is 44.2 Å². The molecule has 1 amide bonds. The van der Waals surface area contributed by atoms with E-state index in [4.69, 9.17) is 14.0 Å². The third-order valence-corrected chi connectivity index (χ3v) is 5.70. The summed E-state index contributed by atoms with van der Waals surface area (Å²) in [6.07, 6.45) is 0.777. The number of rotatable bonds is 7. The molecule has 0 bridgehead atoms. The molecule has 164 valence electrons. The predicted octanol–water partition coefficient (Wildman–Crippen LogP) is 3.40. The lowest BCUT2D eigenvalue weighted by Crippen LogP contribution is -2.31. The summed E-state index contributed by atoms with van der Waals surface area (Å²) in [7, 11) is 1.68. The normalized spacial score (nSPS) is 16.1. The number of amides is 1. The molecule has 0 saturated carbocycles. The van der Waals surface area contributed by atoms with Gasteiger partial charge in [0.2, 0.25) is 11.7 Å². The molecular weight excluding hydrogens is 396 g/mol. The Labute approximate surface area is 181 Å². The van der Waals surface area contributed by atoms with Crippen LogP contribution >= 0.6 is 0 Å². The van der Waals surface area contributed by atoms with E-state index in [1.165, 1.54) is 0 Å². The number of aromatic nitrogens is 3. The van der Waals surface area contributed by atoms with Crippen molar-refractivity contribution in [3.8, 4) is 17.1 Å². The van der Waals surface area contributed by atoms with Gasteiger partial charge in [-0.3, -0.25) is 4.79 Å². The highest BCUT2D eigenvalue weighted by Crippen LogP contribution is 2.25. The summed E-state index contributed by atoms with van der Waals surface area (Å²) in [5, 5.41) is 3.93. The van der Waals surface area contributed by atoms with Crippen molar-refractivity contribution < 1.29 is 18.8 Å². The van der Waals surface area contributed by atoms with Gasteiger partial charge in [-0.2, -0.15) is 4.98 Å². The van der Waals surface area contributed by atoms with Crippen molar-refractivity contribution in [1.29, 1.82) is 0 Å². The van der Waals surface area contributed by atoms with E-state index in [1.807, 2.05) is 49.1 Å². The van der Waals surface area contributed by atoms with Crippen LogP contribution in [0, 0.1) is 20.8 Å². The molecule has 3 aromatic rings. The fraction of sp³-hybridized carbons (Fsp3) is 0.435. The second kappa shape index (κ2) is 8.93. The van der Waals surface area contributed by atoms with Crippen LogP contribution in [-0.4, -0.2) is 58.4 Å². The Bertz CT molecular complexity index is 1050. The van der Waals surface area contributed by atoms with Crippen LogP contribution in [0.3, 0.4) is 0 Å². The fourth-order valence-electron chi connectivity index (χ4n) is 4.02. The van der Waals surface area contributed by atoms with Gasteiger partial charge in [0, 0.05) is 50.5 Å². The molecule has 31 heavy (non-hydrogen) atoms. The molecule has 8 heteroatoms. The van der Waals surface area contributed by atoms with Crippen LogP contribution in [0.2, 0.25) is 0 Å². The largest absolute Gasteiger partial charge is 0.489 e. The van der Waals surface area contributed by atoms with Crippen molar-refractivity contribution in [1.82, 2.24) is 19.6 Å². The molecule has 1 atom stereocenters. The number of carbonyl (C=O) groups is 1. The molecule has 3 heterocycles. The Morgan fingerprint density at radius 3 is 2.68 bits per heavy atom. The number of nitrogens with zero attached hydrogens (tertiary/aromatic N) is 4. The summed E-state index contributed by atoms with van der Waals surface area (Å²) >= 11 is 0. The zero-order valence-corrected chi connectivity index (χ0v) is 18.4. The second-order valence-electron chi connectivity index (χ2n) is 7.87. The highest BCUT2D eigenvalue weighted by atomic mass is 16.5. The van der Waals surface area contributed by atoms with E-state index in [2.05, 4.69) is 14.7 Å². The lowest BCUT2D eigenvalue weighted by molar-refractivity contribution is 0.0771. The van der Waals surface area contributed by atoms with E-state index in [1.54, 1.807) is 14.0 Å². The first-order chi connectivity index (χ1) is 15.0. The highest BCUT2D eigenvalue weighted by Gasteiger charge is 2.30. The number of carbonyl (C=O) groups excluding carboxylic acids is 1. The average Bonchev–Trinajstić information content (AvgIpc) is 3.47. The summed E-state index contributed by atoms with van der Waals surface area (Å²) < 4.78 is 18.5. The van der Waals surface area contributed by atoms with Gasteiger partial charge in [0.15, 0.2) is 0 Å². The van der Waals surface area contributed by atoms with Crippen LogP contribution in [0.15, 0.2) is 34.9 Å². The topological polar surface area (TPSA) is 82.6 Å². The van der Waals surface area contributed by atoms with E-state index in [0.29, 0.717) is 31.4 Å². The SMILES string of the molecule is COCCn1c(C)cc(C(=O)N2CCC(Oc3ccc(-c4noc(C)n4)cc3)C2)c1C. The van der Waals surface area contributed by atoms with Gasteiger partial charge in [0.05, 0.1) is 18.7 Å². The Morgan fingerprint density at radius 1 is 1.23 bits per heavy atom. The zero-order chi connectivity index (χ0) is 22.0. The van der Waals surface area contributed by atoms with E-state index >= 15 is 0 Å². The van der Waals surface area contributed by atoms with Crippen LogP contribution < -0.4 is 4.74 Å². The quantitative estimate of drug-likeness (QED) is 0.578. The number of methoxy groups -OCH3 is 1. The molecule has 1 saturated heterocycles. The molecule has 4 rings (SSSR count). The van der Waals surface area contributed by atoms with E-state index in [9.17, 15) is 4.79 Å². The minimum absolute atomic E-state index is 0.0285. The maximum absolute atomic E-state index is 13.1. The fourth-order valence-corrected chi connectivity index (χ4v) is 4.02. The van der Waals surface area contributed by atoms with E-state index < -0.39 is 0 Å². The van der Waals surface area contributed by atoms with E-state index in [0.717, 1.165) is 41.2 Å². The zero-order valence-electron chi connectivity index (χ0n) is 18.4. The average molecular weight is 425 g/mol. The summed E-state index contributed by atoms with van der Waals surface area (Å²) in [6.45, 7) is 8.40. The van der Waals surface area contributed by atoms with Crippen LogP contribution in [0.1, 0.15) is 34.1 Å². The first-order valence-corrected chi connectivity index (χ1v) is 10.5. The standard InChI is InChI=1S/C23H28N4O4/c1-15-13-21(16(2)27(15)11-12-29-4)23(28)26-10-9-20(14-26)30-19-7-5-18(6-8-19)22-24-17(3)31-25-22/h5-8,13,20H,9-12,14H2,1-4H3. The first-order valence-electron chi connectivity index (χ1n) is 10.5. The Morgan fingerprint density at radius 2 is 2.00 bits per heavy atom. The Balaban J connectivity index is 1.38.